The van der Waals surface area contributed by atoms with Crippen LogP contribution in [0.5, 0.6) is 11.6 Å². The summed E-state index contributed by atoms with van der Waals surface area (Å²) >= 11 is 6.01. The van der Waals surface area contributed by atoms with Gasteiger partial charge in [-0.2, -0.15) is 0 Å². The third-order valence-corrected chi connectivity index (χ3v) is 4.62. The van der Waals surface area contributed by atoms with Crippen LogP contribution in [0, 0.1) is 0 Å². The van der Waals surface area contributed by atoms with E-state index in [0.29, 0.717) is 41.2 Å². The van der Waals surface area contributed by atoms with Gasteiger partial charge in [0.15, 0.2) is 0 Å². The van der Waals surface area contributed by atoms with Gasteiger partial charge in [-0.1, -0.05) is 11.6 Å². The van der Waals surface area contributed by atoms with E-state index < -0.39 is 0 Å². The van der Waals surface area contributed by atoms with Crippen molar-refractivity contribution in [3.8, 4) is 11.6 Å². The summed E-state index contributed by atoms with van der Waals surface area (Å²) in [5.41, 5.74) is 0.559. The van der Waals surface area contributed by atoms with Crippen LogP contribution >= 0.6 is 11.6 Å². The van der Waals surface area contributed by atoms with E-state index in [1.54, 1.807) is 43.4 Å². The first-order valence-electron chi connectivity index (χ1n) is 8.61. The second-order valence-corrected chi connectivity index (χ2v) is 6.56. The number of nitrogens with zero attached hydrogens (tertiary/aromatic N) is 3. The van der Waals surface area contributed by atoms with E-state index >= 15 is 0 Å². The minimum absolute atomic E-state index is 0.169. The maximum Gasteiger partial charge on any atom is 0.321 e. The molecule has 27 heavy (non-hydrogen) atoms. The molecular weight excluding hydrogens is 370 g/mol. The molecule has 1 aromatic carbocycles. The number of carbonyl (C=O) groups is 1. The van der Waals surface area contributed by atoms with Crippen LogP contribution in [0.2, 0.25) is 5.02 Å². The van der Waals surface area contributed by atoms with Gasteiger partial charge in [-0.15, -0.1) is 0 Å². The zero-order valence-electron chi connectivity index (χ0n) is 15.2. The maximum atomic E-state index is 12.6. The Hall–Kier alpha value is -2.74. The van der Waals surface area contributed by atoms with E-state index in [1.807, 2.05) is 0 Å². The highest BCUT2D eigenvalue weighted by atomic mass is 35.5. The van der Waals surface area contributed by atoms with Crippen molar-refractivity contribution in [1.29, 1.82) is 0 Å². The molecule has 1 aliphatic heterocycles. The number of urea groups is 1. The molecule has 3 rings (SSSR count). The molecule has 0 atom stereocenters. The molecule has 9 heteroatoms. The van der Waals surface area contributed by atoms with Gasteiger partial charge in [0.25, 0.3) is 0 Å². The number of likely N-dealkylation sites (tertiary alicyclic amines) is 1. The fourth-order valence-corrected chi connectivity index (χ4v) is 3.11. The van der Waals surface area contributed by atoms with Crippen molar-refractivity contribution in [1.82, 2.24) is 14.9 Å². The SMILES string of the molecule is COc1cc(NC2CCN(C(=O)Nc3cc(Cl)ccc3OC)CC2)ncn1. The topological polar surface area (TPSA) is 88.6 Å². The lowest BCUT2D eigenvalue weighted by molar-refractivity contribution is 0.197. The fraction of sp³-hybridized carbons (Fsp3) is 0.389. The highest BCUT2D eigenvalue weighted by Crippen LogP contribution is 2.28. The van der Waals surface area contributed by atoms with Gasteiger partial charge < -0.3 is 25.0 Å². The maximum absolute atomic E-state index is 12.6. The number of nitrogens with one attached hydrogen (secondary N) is 2. The highest BCUT2D eigenvalue weighted by Gasteiger charge is 2.23. The summed E-state index contributed by atoms with van der Waals surface area (Å²) in [5.74, 6) is 1.80. The lowest BCUT2D eigenvalue weighted by Gasteiger charge is -2.32. The molecule has 1 aliphatic rings. The molecule has 0 saturated carbocycles. The van der Waals surface area contributed by atoms with Crippen LogP contribution in [-0.4, -0.2) is 54.2 Å². The summed E-state index contributed by atoms with van der Waals surface area (Å²) < 4.78 is 10.4. The minimum atomic E-state index is -0.169. The zero-order chi connectivity index (χ0) is 19.2. The Bertz CT molecular complexity index is 796. The Balaban J connectivity index is 1.54. The predicted octanol–water partition coefficient (Wildman–Crippen LogP) is 3.26. The van der Waals surface area contributed by atoms with Gasteiger partial charge in [0, 0.05) is 30.2 Å². The van der Waals surface area contributed by atoms with Crippen LogP contribution < -0.4 is 20.1 Å². The van der Waals surface area contributed by atoms with E-state index in [4.69, 9.17) is 21.1 Å². The summed E-state index contributed by atoms with van der Waals surface area (Å²) in [7, 11) is 3.12. The number of anilines is 2. The van der Waals surface area contributed by atoms with Crippen LogP contribution in [-0.2, 0) is 0 Å². The van der Waals surface area contributed by atoms with Gasteiger partial charge in [0.2, 0.25) is 5.88 Å². The Kier molecular flexibility index (Phi) is 6.18. The zero-order valence-corrected chi connectivity index (χ0v) is 16.0. The van der Waals surface area contributed by atoms with Crippen molar-refractivity contribution in [2.24, 2.45) is 0 Å². The molecule has 1 saturated heterocycles. The van der Waals surface area contributed by atoms with Crippen LogP contribution in [0.25, 0.3) is 0 Å². The number of benzene rings is 1. The second-order valence-electron chi connectivity index (χ2n) is 6.13. The molecule has 0 radical (unpaired) electrons. The summed E-state index contributed by atoms with van der Waals surface area (Å²) in [4.78, 5) is 22.5. The molecule has 1 aromatic heterocycles. The number of piperidine rings is 1. The number of hydrogen-bond acceptors (Lipinski definition) is 6. The van der Waals surface area contributed by atoms with Crippen LogP contribution in [0.3, 0.4) is 0 Å². The van der Waals surface area contributed by atoms with E-state index in [0.717, 1.165) is 12.8 Å². The van der Waals surface area contributed by atoms with Crippen molar-refractivity contribution >= 4 is 29.1 Å². The predicted molar refractivity (Wildman–Crippen MR) is 104 cm³/mol. The molecule has 0 unspecified atom stereocenters. The van der Waals surface area contributed by atoms with Gasteiger partial charge in [-0.25, -0.2) is 14.8 Å². The van der Waals surface area contributed by atoms with Crippen LogP contribution in [0.15, 0.2) is 30.6 Å². The van der Waals surface area contributed by atoms with Gasteiger partial charge in [-0.05, 0) is 31.0 Å². The van der Waals surface area contributed by atoms with Gasteiger partial charge >= 0.3 is 6.03 Å². The molecule has 0 aliphatic carbocycles. The summed E-state index contributed by atoms with van der Waals surface area (Å²) in [6.07, 6.45) is 3.08. The average Bonchev–Trinajstić information content (AvgIpc) is 2.69. The standard InChI is InChI=1S/C18H22ClN5O3/c1-26-15-4-3-12(19)9-14(15)23-18(25)24-7-5-13(6-8-24)22-16-10-17(27-2)21-11-20-16/h3-4,9-11,13H,5-8H2,1-2H3,(H,23,25)(H,20,21,22). The number of methoxy groups -OCH3 is 2. The van der Waals surface area contributed by atoms with E-state index in [9.17, 15) is 4.79 Å². The molecule has 0 bridgehead atoms. The molecule has 2 amide bonds. The van der Waals surface area contributed by atoms with Crippen LogP contribution in [0.1, 0.15) is 12.8 Å². The number of aromatic nitrogens is 2. The number of carbonyl (C=O) groups excluding carboxylic acids is 1. The lowest BCUT2D eigenvalue weighted by atomic mass is 10.1. The minimum Gasteiger partial charge on any atom is -0.495 e. The first-order chi connectivity index (χ1) is 13.1. The molecular formula is C18H22ClN5O3. The molecule has 1 fully saturated rings. The normalized spacial score (nSPS) is 14.6. The Morgan fingerprint density at radius 2 is 1.96 bits per heavy atom. The number of hydrogen-bond donors (Lipinski definition) is 2. The monoisotopic (exact) mass is 391 g/mol. The Labute approximate surface area is 162 Å². The smallest absolute Gasteiger partial charge is 0.321 e. The molecule has 2 heterocycles. The number of ether oxygens (including phenoxy) is 2. The number of amides is 2. The third kappa shape index (κ3) is 4.91. The molecule has 144 valence electrons. The van der Waals surface area contributed by atoms with Crippen LogP contribution in [0.4, 0.5) is 16.3 Å². The van der Waals surface area contributed by atoms with Gasteiger partial charge in [0.05, 0.1) is 19.9 Å². The van der Waals surface area contributed by atoms with Crippen molar-refractivity contribution in [3.05, 3.63) is 35.6 Å². The third-order valence-electron chi connectivity index (χ3n) is 4.39. The Morgan fingerprint density at radius 1 is 1.19 bits per heavy atom. The largest absolute Gasteiger partial charge is 0.495 e. The molecule has 2 aromatic rings. The van der Waals surface area contributed by atoms with Crippen molar-refractivity contribution in [3.63, 3.8) is 0 Å². The van der Waals surface area contributed by atoms with Gasteiger partial charge in [0.1, 0.15) is 17.9 Å². The Morgan fingerprint density at radius 3 is 2.67 bits per heavy atom. The first kappa shape index (κ1) is 19.0. The fourth-order valence-electron chi connectivity index (χ4n) is 2.94. The first-order valence-corrected chi connectivity index (χ1v) is 8.99. The van der Waals surface area contributed by atoms with Crippen molar-refractivity contribution in [2.45, 2.75) is 18.9 Å². The van der Waals surface area contributed by atoms with E-state index in [1.165, 1.54) is 6.33 Å². The summed E-state index contributed by atoms with van der Waals surface area (Å²) in [6, 6.07) is 6.94. The number of rotatable bonds is 5. The second kappa shape index (κ2) is 8.77. The average molecular weight is 392 g/mol. The van der Waals surface area contributed by atoms with Crippen molar-refractivity contribution in [2.75, 3.05) is 37.9 Å². The molecule has 2 N–H and O–H groups in total. The molecule has 0 spiro atoms. The quantitative estimate of drug-likeness (QED) is 0.813. The summed E-state index contributed by atoms with van der Waals surface area (Å²) in [5, 5.41) is 6.77. The molecule has 8 nitrogen and oxygen atoms in total. The van der Waals surface area contributed by atoms with Crippen molar-refractivity contribution < 1.29 is 14.3 Å². The van der Waals surface area contributed by atoms with E-state index in [2.05, 4.69) is 20.6 Å². The van der Waals surface area contributed by atoms with E-state index in [-0.39, 0.29) is 12.1 Å². The van der Waals surface area contributed by atoms with Gasteiger partial charge in [-0.3, -0.25) is 0 Å². The highest BCUT2D eigenvalue weighted by molar-refractivity contribution is 6.31. The summed E-state index contributed by atoms with van der Waals surface area (Å²) in [6.45, 7) is 1.27. The number of halogens is 1. The lowest BCUT2D eigenvalue weighted by Crippen LogP contribution is -2.44.